The first-order valence-electron chi connectivity index (χ1n) is 4.91. The molecule has 0 amide bonds. The molecule has 1 aromatic carbocycles. The first-order chi connectivity index (χ1) is 7.29. The van der Waals surface area contributed by atoms with Crippen molar-refractivity contribution in [2.45, 2.75) is 19.4 Å². The molecule has 4 heteroatoms. The molecule has 84 valence electrons. The Balaban J connectivity index is 2.56. The number of benzene rings is 1. The fourth-order valence-corrected chi connectivity index (χ4v) is 1.45. The molecule has 0 saturated heterocycles. The zero-order valence-corrected chi connectivity index (χ0v) is 9.20. The van der Waals surface area contributed by atoms with Crippen molar-refractivity contribution >= 4 is 11.6 Å². The fourth-order valence-electron chi connectivity index (χ4n) is 1.22. The second-order valence-electron chi connectivity index (χ2n) is 3.15. The van der Waals surface area contributed by atoms with Crippen molar-refractivity contribution in [2.75, 3.05) is 13.2 Å². The van der Waals surface area contributed by atoms with E-state index in [1.807, 2.05) is 0 Å². The van der Waals surface area contributed by atoms with Crippen molar-refractivity contribution in [1.82, 2.24) is 0 Å². The SMILES string of the molecule is OCCCCOc1cccc(Cl)c1CO. The Morgan fingerprint density at radius 2 is 2.00 bits per heavy atom. The molecule has 0 aliphatic carbocycles. The highest BCUT2D eigenvalue weighted by molar-refractivity contribution is 6.31. The number of hydrogen-bond donors (Lipinski definition) is 2. The molecule has 0 spiro atoms. The van der Waals surface area contributed by atoms with Gasteiger partial charge >= 0.3 is 0 Å². The van der Waals surface area contributed by atoms with Crippen LogP contribution in [0.4, 0.5) is 0 Å². The lowest BCUT2D eigenvalue weighted by molar-refractivity contribution is 0.242. The molecular formula is C11H15ClO3. The molecule has 1 aromatic rings. The minimum Gasteiger partial charge on any atom is -0.493 e. The van der Waals surface area contributed by atoms with Crippen molar-refractivity contribution in [1.29, 1.82) is 0 Å². The highest BCUT2D eigenvalue weighted by atomic mass is 35.5. The molecule has 15 heavy (non-hydrogen) atoms. The van der Waals surface area contributed by atoms with Crippen molar-refractivity contribution < 1.29 is 14.9 Å². The number of halogens is 1. The van der Waals surface area contributed by atoms with Crippen LogP contribution >= 0.6 is 11.6 Å². The van der Waals surface area contributed by atoms with Gasteiger partial charge < -0.3 is 14.9 Å². The molecule has 2 N–H and O–H groups in total. The molecule has 0 aliphatic heterocycles. The lowest BCUT2D eigenvalue weighted by Crippen LogP contribution is -2.01. The van der Waals surface area contributed by atoms with Crippen molar-refractivity contribution in [3.05, 3.63) is 28.8 Å². The molecule has 0 saturated carbocycles. The van der Waals surface area contributed by atoms with E-state index in [9.17, 15) is 0 Å². The Kier molecular flexibility index (Phi) is 5.47. The van der Waals surface area contributed by atoms with E-state index in [4.69, 9.17) is 26.6 Å². The van der Waals surface area contributed by atoms with Gasteiger partial charge in [0, 0.05) is 17.2 Å². The lowest BCUT2D eigenvalue weighted by atomic mass is 10.2. The number of aliphatic hydroxyl groups excluding tert-OH is 2. The summed E-state index contributed by atoms with van der Waals surface area (Å²) in [6.45, 7) is 0.564. The molecule has 0 atom stereocenters. The molecule has 3 nitrogen and oxygen atoms in total. The van der Waals surface area contributed by atoms with E-state index in [0.717, 1.165) is 12.8 Å². The highest BCUT2D eigenvalue weighted by Gasteiger charge is 2.06. The topological polar surface area (TPSA) is 49.7 Å². The monoisotopic (exact) mass is 230 g/mol. The number of unbranched alkanes of at least 4 members (excludes halogenated alkanes) is 1. The van der Waals surface area contributed by atoms with Gasteiger partial charge in [0.1, 0.15) is 5.75 Å². The summed E-state index contributed by atoms with van der Waals surface area (Å²) in [4.78, 5) is 0. The largest absolute Gasteiger partial charge is 0.493 e. The molecule has 0 fully saturated rings. The van der Waals surface area contributed by atoms with Gasteiger partial charge in [-0.1, -0.05) is 17.7 Å². The van der Waals surface area contributed by atoms with Gasteiger partial charge in [-0.2, -0.15) is 0 Å². The van der Waals surface area contributed by atoms with Gasteiger partial charge in [-0.3, -0.25) is 0 Å². The predicted molar refractivity (Wildman–Crippen MR) is 59.2 cm³/mol. The highest BCUT2D eigenvalue weighted by Crippen LogP contribution is 2.26. The zero-order chi connectivity index (χ0) is 11.1. The Labute approximate surface area is 94.3 Å². The maximum Gasteiger partial charge on any atom is 0.126 e. The molecule has 0 radical (unpaired) electrons. The summed E-state index contributed by atoms with van der Waals surface area (Å²) in [5.74, 6) is 0.614. The van der Waals surface area contributed by atoms with Gasteiger partial charge in [-0.25, -0.2) is 0 Å². The Morgan fingerprint density at radius 1 is 1.20 bits per heavy atom. The Morgan fingerprint density at radius 3 is 2.67 bits per heavy atom. The van der Waals surface area contributed by atoms with E-state index in [2.05, 4.69) is 0 Å². The quantitative estimate of drug-likeness (QED) is 0.735. The minimum atomic E-state index is -0.130. The van der Waals surface area contributed by atoms with Crippen LogP contribution in [0.25, 0.3) is 0 Å². The van der Waals surface area contributed by atoms with Gasteiger partial charge in [0.15, 0.2) is 0 Å². The summed E-state index contributed by atoms with van der Waals surface area (Å²) in [6.07, 6.45) is 1.50. The van der Waals surface area contributed by atoms with Crippen molar-refractivity contribution in [2.24, 2.45) is 0 Å². The maximum absolute atomic E-state index is 9.10. The summed E-state index contributed by atoms with van der Waals surface area (Å²) in [6, 6.07) is 5.27. The molecule has 0 aromatic heterocycles. The second-order valence-corrected chi connectivity index (χ2v) is 3.56. The third-order valence-corrected chi connectivity index (χ3v) is 2.40. The van der Waals surface area contributed by atoms with Gasteiger partial charge in [-0.05, 0) is 25.0 Å². The van der Waals surface area contributed by atoms with Crippen LogP contribution in [-0.2, 0) is 6.61 Å². The van der Waals surface area contributed by atoms with Crippen LogP contribution in [0.15, 0.2) is 18.2 Å². The molecule has 0 heterocycles. The van der Waals surface area contributed by atoms with Crippen LogP contribution in [-0.4, -0.2) is 23.4 Å². The summed E-state index contributed by atoms with van der Waals surface area (Å²) in [7, 11) is 0. The summed E-state index contributed by atoms with van der Waals surface area (Å²) < 4.78 is 5.46. The van der Waals surface area contributed by atoms with Crippen molar-refractivity contribution in [3.63, 3.8) is 0 Å². The lowest BCUT2D eigenvalue weighted by Gasteiger charge is -2.10. The third-order valence-electron chi connectivity index (χ3n) is 2.04. The van der Waals surface area contributed by atoms with Crippen LogP contribution in [0, 0.1) is 0 Å². The van der Waals surface area contributed by atoms with Crippen LogP contribution < -0.4 is 4.74 Å². The average Bonchev–Trinajstić information content (AvgIpc) is 2.24. The third kappa shape index (κ3) is 3.70. The van der Waals surface area contributed by atoms with E-state index in [-0.39, 0.29) is 13.2 Å². The van der Waals surface area contributed by atoms with Gasteiger partial charge in [0.05, 0.1) is 13.2 Å². The molecule has 0 aliphatic rings. The van der Waals surface area contributed by atoms with Crippen LogP contribution in [0.2, 0.25) is 5.02 Å². The first kappa shape index (κ1) is 12.3. The maximum atomic E-state index is 9.10. The van der Waals surface area contributed by atoms with E-state index in [1.54, 1.807) is 18.2 Å². The molecular weight excluding hydrogens is 216 g/mol. The number of aliphatic hydroxyl groups is 2. The standard InChI is InChI=1S/C11H15ClO3/c12-10-4-3-5-11(9(10)8-14)15-7-2-1-6-13/h3-5,13-14H,1-2,6-8H2. The van der Waals surface area contributed by atoms with Gasteiger partial charge in [0.2, 0.25) is 0 Å². The Bertz CT molecular complexity index is 302. The number of rotatable bonds is 6. The van der Waals surface area contributed by atoms with E-state index in [0.29, 0.717) is 22.9 Å². The van der Waals surface area contributed by atoms with E-state index in [1.165, 1.54) is 0 Å². The fraction of sp³-hybridized carbons (Fsp3) is 0.455. The smallest absolute Gasteiger partial charge is 0.126 e. The second kappa shape index (κ2) is 6.67. The summed E-state index contributed by atoms with van der Waals surface area (Å²) in [5, 5.41) is 18.2. The van der Waals surface area contributed by atoms with Crippen LogP contribution in [0.5, 0.6) is 5.75 Å². The summed E-state index contributed by atoms with van der Waals surface area (Å²) in [5.41, 5.74) is 0.614. The van der Waals surface area contributed by atoms with E-state index >= 15 is 0 Å². The van der Waals surface area contributed by atoms with Gasteiger partial charge in [0.25, 0.3) is 0 Å². The van der Waals surface area contributed by atoms with Crippen molar-refractivity contribution in [3.8, 4) is 5.75 Å². The van der Waals surface area contributed by atoms with E-state index < -0.39 is 0 Å². The summed E-state index contributed by atoms with van der Waals surface area (Å²) >= 11 is 5.89. The minimum absolute atomic E-state index is 0.130. The molecule has 0 bridgehead atoms. The average molecular weight is 231 g/mol. The predicted octanol–water partition coefficient (Wildman–Crippen LogP) is 1.98. The van der Waals surface area contributed by atoms with Crippen LogP contribution in [0.1, 0.15) is 18.4 Å². The number of hydrogen-bond acceptors (Lipinski definition) is 3. The van der Waals surface area contributed by atoms with Crippen LogP contribution in [0.3, 0.4) is 0 Å². The normalized spacial score (nSPS) is 10.3. The Hall–Kier alpha value is -0.770. The van der Waals surface area contributed by atoms with Gasteiger partial charge in [-0.15, -0.1) is 0 Å². The molecule has 0 unspecified atom stereocenters. The first-order valence-corrected chi connectivity index (χ1v) is 5.29. The molecule has 1 rings (SSSR count). The zero-order valence-electron chi connectivity index (χ0n) is 8.45. The number of ether oxygens (including phenoxy) is 1.